The number of carbonyl (C=O) groups is 2. The Bertz CT molecular complexity index is 1150. The minimum atomic E-state index is -4.14. The molecular formula is C20H17FN2O6S. The molecule has 1 heterocycles. The van der Waals surface area contributed by atoms with Gasteiger partial charge in [-0.25, -0.2) is 17.6 Å². The van der Waals surface area contributed by atoms with E-state index < -0.39 is 34.3 Å². The van der Waals surface area contributed by atoms with E-state index in [9.17, 15) is 22.4 Å². The second kappa shape index (κ2) is 9.23. The predicted molar refractivity (Wildman–Crippen MR) is 104 cm³/mol. The number of carbonyl (C=O) groups excluding carboxylic acids is 2. The molecule has 10 heteroatoms. The number of ether oxygens (including phenoxy) is 1. The van der Waals surface area contributed by atoms with Crippen molar-refractivity contribution in [3.05, 3.63) is 84.1 Å². The number of esters is 1. The summed E-state index contributed by atoms with van der Waals surface area (Å²) in [5.41, 5.74) is -0.302. The van der Waals surface area contributed by atoms with Gasteiger partial charge in [-0.15, -0.1) is 0 Å². The van der Waals surface area contributed by atoms with Crippen LogP contribution >= 0.6 is 0 Å². The molecule has 0 spiro atoms. The number of benzene rings is 2. The highest BCUT2D eigenvalue weighted by molar-refractivity contribution is 7.92. The van der Waals surface area contributed by atoms with Crippen LogP contribution in [0.1, 0.15) is 16.1 Å². The van der Waals surface area contributed by atoms with Crippen LogP contribution in [0, 0.1) is 5.82 Å². The van der Waals surface area contributed by atoms with Crippen molar-refractivity contribution < 1.29 is 31.6 Å². The Morgan fingerprint density at radius 1 is 1.03 bits per heavy atom. The van der Waals surface area contributed by atoms with Crippen LogP contribution in [-0.4, -0.2) is 26.9 Å². The van der Waals surface area contributed by atoms with Crippen LogP contribution in [0.25, 0.3) is 0 Å². The zero-order chi connectivity index (χ0) is 21.6. The summed E-state index contributed by atoms with van der Waals surface area (Å²) in [6, 6.07) is 13.6. The van der Waals surface area contributed by atoms with E-state index in [-0.39, 0.29) is 22.7 Å². The number of furan rings is 1. The highest BCUT2D eigenvalue weighted by Gasteiger charge is 2.19. The van der Waals surface area contributed by atoms with Crippen LogP contribution in [0.4, 0.5) is 10.1 Å². The minimum Gasteiger partial charge on any atom is -0.467 e. The molecular weight excluding hydrogens is 415 g/mol. The van der Waals surface area contributed by atoms with Gasteiger partial charge in [0.15, 0.2) is 6.61 Å². The van der Waals surface area contributed by atoms with Crippen molar-refractivity contribution in [2.24, 2.45) is 0 Å². The molecule has 2 N–H and O–H groups in total. The first-order chi connectivity index (χ1) is 14.3. The number of hydrogen-bond donors (Lipinski definition) is 2. The molecule has 3 aromatic rings. The van der Waals surface area contributed by atoms with Crippen molar-refractivity contribution in [1.29, 1.82) is 0 Å². The van der Waals surface area contributed by atoms with Gasteiger partial charge >= 0.3 is 5.97 Å². The van der Waals surface area contributed by atoms with E-state index in [4.69, 9.17) is 9.15 Å². The number of halogens is 1. The Labute approximate surface area is 171 Å². The second-order valence-corrected chi connectivity index (χ2v) is 7.73. The van der Waals surface area contributed by atoms with E-state index in [1.807, 2.05) is 0 Å². The molecule has 0 radical (unpaired) electrons. The van der Waals surface area contributed by atoms with Crippen molar-refractivity contribution >= 4 is 27.6 Å². The standard InChI is InChI=1S/C20H17FN2O6S/c21-17-8-1-2-9-18(17)23-30(26,27)16-7-3-5-14(11-16)20(25)29-13-19(24)22-12-15-6-4-10-28-15/h1-11,23H,12-13H2,(H,22,24). The normalized spacial score (nSPS) is 11.0. The number of anilines is 1. The lowest BCUT2D eigenvalue weighted by Gasteiger charge is -2.10. The molecule has 0 fully saturated rings. The molecule has 8 nitrogen and oxygen atoms in total. The molecule has 0 bridgehead atoms. The van der Waals surface area contributed by atoms with Gasteiger partial charge in [-0.2, -0.15) is 0 Å². The van der Waals surface area contributed by atoms with Crippen molar-refractivity contribution in [3.63, 3.8) is 0 Å². The summed E-state index contributed by atoms with van der Waals surface area (Å²) < 4.78 is 50.8. The number of para-hydroxylation sites is 1. The van der Waals surface area contributed by atoms with E-state index in [1.54, 1.807) is 12.1 Å². The first kappa shape index (κ1) is 21.1. The summed E-state index contributed by atoms with van der Waals surface area (Å²) in [5, 5.41) is 2.51. The van der Waals surface area contributed by atoms with Crippen molar-refractivity contribution in [2.75, 3.05) is 11.3 Å². The third-order valence-corrected chi connectivity index (χ3v) is 5.24. The fourth-order valence-electron chi connectivity index (χ4n) is 2.40. The molecule has 156 valence electrons. The molecule has 0 saturated carbocycles. The van der Waals surface area contributed by atoms with Crippen LogP contribution in [-0.2, 0) is 26.1 Å². The molecule has 0 aliphatic heterocycles. The topological polar surface area (TPSA) is 115 Å². The van der Waals surface area contributed by atoms with Gasteiger partial charge in [0.05, 0.1) is 29.0 Å². The van der Waals surface area contributed by atoms with Gasteiger partial charge in [0.2, 0.25) is 0 Å². The molecule has 0 atom stereocenters. The van der Waals surface area contributed by atoms with Gasteiger partial charge in [-0.3, -0.25) is 9.52 Å². The summed E-state index contributed by atoms with van der Waals surface area (Å²) in [6.07, 6.45) is 1.46. The van der Waals surface area contributed by atoms with Crippen molar-refractivity contribution in [1.82, 2.24) is 5.32 Å². The first-order valence-electron chi connectivity index (χ1n) is 8.69. The monoisotopic (exact) mass is 432 g/mol. The van der Waals surface area contributed by atoms with E-state index in [0.717, 1.165) is 12.1 Å². The fourth-order valence-corrected chi connectivity index (χ4v) is 3.51. The average Bonchev–Trinajstić information content (AvgIpc) is 3.26. The SMILES string of the molecule is O=C(COC(=O)c1cccc(S(=O)(=O)Nc2ccccc2F)c1)NCc1ccco1. The number of nitrogens with one attached hydrogen (secondary N) is 2. The molecule has 0 unspecified atom stereocenters. The van der Waals surface area contributed by atoms with Gasteiger partial charge in [0.25, 0.3) is 15.9 Å². The third-order valence-electron chi connectivity index (χ3n) is 3.87. The molecule has 0 saturated heterocycles. The van der Waals surface area contributed by atoms with Gasteiger partial charge in [-0.1, -0.05) is 18.2 Å². The van der Waals surface area contributed by atoms with Gasteiger partial charge < -0.3 is 14.5 Å². The minimum absolute atomic E-state index is 0.0785. The Morgan fingerprint density at radius 3 is 2.57 bits per heavy atom. The van der Waals surface area contributed by atoms with Crippen LogP contribution in [0.2, 0.25) is 0 Å². The summed E-state index contributed by atoms with van der Waals surface area (Å²) in [7, 11) is -4.14. The molecule has 2 aromatic carbocycles. The highest BCUT2D eigenvalue weighted by Crippen LogP contribution is 2.19. The first-order valence-corrected chi connectivity index (χ1v) is 10.2. The maximum atomic E-state index is 13.7. The molecule has 30 heavy (non-hydrogen) atoms. The van der Waals surface area contributed by atoms with Crippen LogP contribution < -0.4 is 10.0 Å². The Balaban J connectivity index is 1.62. The highest BCUT2D eigenvalue weighted by atomic mass is 32.2. The second-order valence-electron chi connectivity index (χ2n) is 6.05. The number of rotatable bonds is 8. The van der Waals surface area contributed by atoms with Gasteiger partial charge in [0.1, 0.15) is 11.6 Å². The number of sulfonamides is 1. The van der Waals surface area contributed by atoms with E-state index in [1.165, 1.54) is 42.7 Å². The van der Waals surface area contributed by atoms with Crippen LogP contribution in [0.5, 0.6) is 0 Å². The van der Waals surface area contributed by atoms with Crippen molar-refractivity contribution in [3.8, 4) is 0 Å². The average molecular weight is 432 g/mol. The van der Waals surface area contributed by atoms with Gasteiger partial charge in [-0.05, 0) is 42.5 Å². The Morgan fingerprint density at radius 2 is 1.83 bits per heavy atom. The molecule has 1 amide bonds. The quantitative estimate of drug-likeness (QED) is 0.529. The summed E-state index contributed by atoms with van der Waals surface area (Å²) in [6.45, 7) is -0.414. The fraction of sp³-hybridized carbons (Fsp3) is 0.100. The zero-order valence-electron chi connectivity index (χ0n) is 15.5. The molecule has 0 aliphatic rings. The maximum Gasteiger partial charge on any atom is 0.338 e. The maximum absolute atomic E-state index is 13.7. The lowest BCUT2D eigenvalue weighted by Crippen LogP contribution is -2.28. The molecule has 3 rings (SSSR count). The summed E-state index contributed by atoms with van der Waals surface area (Å²) in [4.78, 5) is 23.7. The van der Waals surface area contributed by atoms with E-state index in [0.29, 0.717) is 5.76 Å². The predicted octanol–water partition coefficient (Wildman–Crippen LogP) is 2.69. The molecule has 1 aromatic heterocycles. The molecule has 0 aliphatic carbocycles. The van der Waals surface area contributed by atoms with E-state index in [2.05, 4.69) is 10.0 Å². The third kappa shape index (κ3) is 5.45. The number of amides is 1. The van der Waals surface area contributed by atoms with Crippen molar-refractivity contribution in [2.45, 2.75) is 11.4 Å². The summed E-state index contributed by atoms with van der Waals surface area (Å²) in [5.74, 6) is -1.64. The number of hydrogen-bond acceptors (Lipinski definition) is 6. The zero-order valence-corrected chi connectivity index (χ0v) is 16.3. The summed E-state index contributed by atoms with van der Waals surface area (Å²) >= 11 is 0. The van der Waals surface area contributed by atoms with Crippen LogP contribution in [0.15, 0.2) is 76.2 Å². The largest absolute Gasteiger partial charge is 0.467 e. The van der Waals surface area contributed by atoms with Crippen LogP contribution in [0.3, 0.4) is 0 Å². The van der Waals surface area contributed by atoms with E-state index >= 15 is 0 Å². The van der Waals surface area contributed by atoms with Gasteiger partial charge in [0, 0.05) is 0 Å². The Kier molecular flexibility index (Phi) is 6.48. The lowest BCUT2D eigenvalue weighted by atomic mass is 10.2. The smallest absolute Gasteiger partial charge is 0.338 e. The lowest BCUT2D eigenvalue weighted by molar-refractivity contribution is -0.124. The Hall–Kier alpha value is -3.66.